The predicted molar refractivity (Wildman–Crippen MR) is 322 cm³/mol. The molecule has 364 valence electrons. The molecule has 0 bridgehead atoms. The van der Waals surface area contributed by atoms with Gasteiger partial charge in [0.25, 0.3) is 6.71 Å². The molecule has 4 heteroatoms. The van der Waals surface area contributed by atoms with Gasteiger partial charge in [0.05, 0.1) is 11.1 Å². The van der Waals surface area contributed by atoms with Crippen LogP contribution in [-0.4, -0.2) is 6.71 Å². The van der Waals surface area contributed by atoms with Gasteiger partial charge >= 0.3 is 0 Å². The fraction of sp³-hybridized carbons (Fsp3) is 0.183. The van der Waals surface area contributed by atoms with Crippen LogP contribution in [0.25, 0.3) is 44.5 Å². The first kappa shape index (κ1) is 45.9. The van der Waals surface area contributed by atoms with Crippen LogP contribution < -0.4 is 25.5 Å². The lowest BCUT2D eigenvalue weighted by atomic mass is 9.36. The molecule has 0 amide bonds. The van der Waals surface area contributed by atoms with Gasteiger partial charge in [0.2, 0.25) is 0 Å². The molecule has 14 rings (SSSR count). The number of benzene rings is 9. The maximum absolute atomic E-state index is 2.68. The number of hydrogen-bond acceptors (Lipinski definition) is 3. The molecular formula is C71H61BN2S. The van der Waals surface area contributed by atoms with E-state index in [2.05, 4.69) is 284 Å². The van der Waals surface area contributed by atoms with Crippen molar-refractivity contribution in [3.05, 3.63) is 244 Å². The molecule has 0 saturated carbocycles. The van der Waals surface area contributed by atoms with Gasteiger partial charge in [-0.3, -0.25) is 0 Å². The van der Waals surface area contributed by atoms with E-state index in [1.807, 2.05) is 0 Å². The number of nitrogens with zero attached hydrogens (tertiary/aromatic N) is 2. The Kier molecular flexibility index (Phi) is 10.1. The maximum Gasteiger partial charge on any atom is 0.264 e. The Labute approximate surface area is 448 Å². The van der Waals surface area contributed by atoms with E-state index in [-0.39, 0.29) is 17.5 Å². The predicted octanol–water partition coefficient (Wildman–Crippen LogP) is 17.5. The Bertz CT molecular complexity index is 3910. The van der Waals surface area contributed by atoms with Crippen LogP contribution in [0.4, 0.5) is 34.1 Å². The van der Waals surface area contributed by atoms with Gasteiger partial charge in [-0.2, -0.15) is 0 Å². The summed E-state index contributed by atoms with van der Waals surface area (Å²) in [5, 5.41) is 0. The molecule has 4 aliphatic rings. The van der Waals surface area contributed by atoms with E-state index in [4.69, 9.17) is 0 Å². The lowest BCUT2D eigenvalue weighted by Gasteiger charge is -2.44. The van der Waals surface area contributed by atoms with E-state index in [9.17, 15) is 0 Å². The SMILES string of the molecule is Cc1cc2c3c(c1)N(c1ccc(C(C)C)cc1)c1c(sc4c1-c1ccc(C(C)(C)C)cc1C41c4ccccc4-c4ccccc41)B3c1ccc(-c3ccccc3-c3ccccc3)cc1N2c1ccc(C(C)(C)C)cc1. The maximum atomic E-state index is 2.68. The van der Waals surface area contributed by atoms with E-state index in [1.54, 1.807) is 0 Å². The Morgan fingerprint density at radius 3 is 1.64 bits per heavy atom. The number of rotatable bonds is 5. The van der Waals surface area contributed by atoms with Crippen molar-refractivity contribution in [2.24, 2.45) is 0 Å². The molecule has 75 heavy (non-hydrogen) atoms. The minimum absolute atomic E-state index is 0.0203. The van der Waals surface area contributed by atoms with E-state index in [1.165, 1.54) is 132 Å². The third-order valence-electron chi connectivity index (χ3n) is 17.0. The van der Waals surface area contributed by atoms with E-state index in [0.717, 1.165) is 5.69 Å². The van der Waals surface area contributed by atoms with Gasteiger partial charge in [-0.1, -0.05) is 213 Å². The second kappa shape index (κ2) is 16.4. The standard InChI is InChI=1S/C71H61BN2S/c1-43(2)45-27-33-51(34-28-45)74-63-40-44(3)39-62-65(63)72(60-38-29-47(53-22-14-13-21-52(53)46-19-11-10-12-20-46)41-61(60)73(62)50-35-30-48(31-36-50)69(4,5)6)68-66(74)64-56-37-32-49(70(7,8)9)42-59(56)71(67(64)75-68)57-25-17-15-23-54(57)55-24-16-18-26-58(55)71/h10-43H,1-9H3. The zero-order chi connectivity index (χ0) is 51.3. The van der Waals surface area contributed by atoms with Gasteiger partial charge in [0, 0.05) is 43.7 Å². The van der Waals surface area contributed by atoms with Crippen LogP contribution in [-0.2, 0) is 16.2 Å². The molecule has 0 N–H and O–H groups in total. The average Bonchev–Trinajstić information content (AvgIpc) is 4.19. The summed E-state index contributed by atoms with van der Waals surface area (Å²) in [5.74, 6) is 0.419. The highest BCUT2D eigenvalue weighted by atomic mass is 32.1. The van der Waals surface area contributed by atoms with Crippen molar-refractivity contribution in [2.45, 2.75) is 84.5 Å². The van der Waals surface area contributed by atoms with Gasteiger partial charge < -0.3 is 9.80 Å². The highest BCUT2D eigenvalue weighted by Crippen LogP contribution is 2.67. The van der Waals surface area contributed by atoms with Crippen LogP contribution in [0.2, 0.25) is 0 Å². The molecule has 0 unspecified atom stereocenters. The lowest BCUT2D eigenvalue weighted by molar-refractivity contribution is 0.588. The largest absolute Gasteiger partial charge is 0.311 e. The molecule has 3 heterocycles. The molecule has 0 saturated heterocycles. The molecule has 0 fully saturated rings. The smallest absolute Gasteiger partial charge is 0.264 e. The average molecular weight is 985 g/mol. The first-order valence-corrected chi connectivity index (χ1v) is 27.8. The van der Waals surface area contributed by atoms with Crippen molar-refractivity contribution >= 4 is 67.9 Å². The third kappa shape index (κ3) is 6.64. The van der Waals surface area contributed by atoms with Gasteiger partial charge in [0.1, 0.15) is 0 Å². The minimum Gasteiger partial charge on any atom is -0.311 e. The molecule has 0 radical (unpaired) electrons. The van der Waals surface area contributed by atoms with Gasteiger partial charge in [-0.25, -0.2) is 0 Å². The quantitative estimate of drug-likeness (QED) is 0.159. The fourth-order valence-electron chi connectivity index (χ4n) is 13.3. The Morgan fingerprint density at radius 2 is 1.01 bits per heavy atom. The van der Waals surface area contributed by atoms with Gasteiger partial charge in [-0.05, 0) is 155 Å². The lowest BCUT2D eigenvalue weighted by Crippen LogP contribution is -2.60. The summed E-state index contributed by atoms with van der Waals surface area (Å²) in [6.07, 6.45) is 0. The number of hydrogen-bond donors (Lipinski definition) is 0. The van der Waals surface area contributed by atoms with Crippen LogP contribution in [0.3, 0.4) is 0 Å². The second-order valence-electron chi connectivity index (χ2n) is 23.9. The Balaban J connectivity index is 1.11. The molecule has 2 aliphatic heterocycles. The first-order chi connectivity index (χ1) is 36.2. The van der Waals surface area contributed by atoms with Crippen LogP contribution in [0, 0.1) is 6.92 Å². The zero-order valence-corrected chi connectivity index (χ0v) is 45.3. The van der Waals surface area contributed by atoms with E-state index < -0.39 is 5.41 Å². The summed E-state index contributed by atoms with van der Waals surface area (Å²) in [6, 6.07) is 77.2. The Hall–Kier alpha value is -7.66. The van der Waals surface area contributed by atoms with Crippen LogP contribution in [0.5, 0.6) is 0 Å². The molecule has 2 aliphatic carbocycles. The molecule has 1 spiro atoms. The topological polar surface area (TPSA) is 6.48 Å². The fourth-order valence-corrected chi connectivity index (χ4v) is 15.0. The first-order valence-electron chi connectivity index (χ1n) is 27.0. The van der Waals surface area contributed by atoms with Crippen molar-refractivity contribution in [1.29, 1.82) is 0 Å². The summed E-state index contributed by atoms with van der Waals surface area (Å²) in [4.78, 5) is 6.70. The molecule has 9 aromatic carbocycles. The van der Waals surface area contributed by atoms with Crippen molar-refractivity contribution in [1.82, 2.24) is 0 Å². The highest BCUT2D eigenvalue weighted by molar-refractivity contribution is 7.30. The van der Waals surface area contributed by atoms with Crippen molar-refractivity contribution in [3.63, 3.8) is 0 Å². The zero-order valence-electron chi connectivity index (χ0n) is 44.5. The van der Waals surface area contributed by atoms with Crippen molar-refractivity contribution < 1.29 is 0 Å². The van der Waals surface area contributed by atoms with Crippen molar-refractivity contribution in [3.8, 4) is 44.5 Å². The van der Waals surface area contributed by atoms with E-state index in [0.29, 0.717) is 5.92 Å². The van der Waals surface area contributed by atoms with Crippen molar-refractivity contribution in [2.75, 3.05) is 9.80 Å². The molecule has 0 atom stereocenters. The monoisotopic (exact) mass is 984 g/mol. The van der Waals surface area contributed by atoms with Crippen LogP contribution in [0.15, 0.2) is 200 Å². The molecule has 10 aromatic rings. The van der Waals surface area contributed by atoms with Crippen LogP contribution >= 0.6 is 11.3 Å². The summed E-state index contributed by atoms with van der Waals surface area (Å²) in [7, 11) is 0. The molecule has 2 nitrogen and oxygen atoms in total. The summed E-state index contributed by atoms with van der Waals surface area (Å²) in [6.45, 7) is 20.9. The summed E-state index contributed by atoms with van der Waals surface area (Å²) >= 11 is 2.07. The molecular weight excluding hydrogens is 924 g/mol. The number of fused-ring (bicyclic) bond motifs is 15. The number of anilines is 6. The van der Waals surface area contributed by atoms with E-state index >= 15 is 0 Å². The Morgan fingerprint density at radius 1 is 0.467 bits per heavy atom. The molecule has 1 aromatic heterocycles. The minimum atomic E-state index is -0.497. The number of thiophene rings is 1. The summed E-state index contributed by atoms with van der Waals surface area (Å²) < 4.78 is 1.40. The third-order valence-corrected chi connectivity index (χ3v) is 18.4. The number of aryl methyl sites for hydroxylation is 1. The highest BCUT2D eigenvalue weighted by Gasteiger charge is 2.57. The second-order valence-corrected chi connectivity index (χ2v) is 25.0. The van der Waals surface area contributed by atoms with Crippen LogP contribution in [0.1, 0.15) is 105 Å². The normalized spacial score (nSPS) is 14.3. The summed E-state index contributed by atoms with van der Waals surface area (Å²) in [5.41, 5.74) is 29.3. The van der Waals surface area contributed by atoms with Gasteiger partial charge in [0.15, 0.2) is 0 Å². The van der Waals surface area contributed by atoms with Gasteiger partial charge in [-0.15, -0.1) is 11.3 Å².